The molecule has 0 unspecified atom stereocenters. The molecule has 0 N–H and O–H groups in total. The number of anilines is 1. The quantitative estimate of drug-likeness (QED) is 0.830. The monoisotopic (exact) mass is 362 g/mol. The van der Waals surface area contributed by atoms with E-state index in [4.69, 9.17) is 0 Å². The number of carbonyl (C=O) groups excluding carboxylic acids is 1. The lowest BCUT2D eigenvalue weighted by molar-refractivity contribution is -0.117. The lowest BCUT2D eigenvalue weighted by atomic mass is 9.85. The molecule has 2 aliphatic heterocycles. The second-order valence-corrected chi connectivity index (χ2v) is 9.52. The Kier molecular flexibility index (Phi) is 4.36. The molecule has 136 valence electrons. The summed E-state index contributed by atoms with van der Waals surface area (Å²) in [6.07, 6.45) is 6.90. The summed E-state index contributed by atoms with van der Waals surface area (Å²) in [7, 11) is -3.48. The lowest BCUT2D eigenvalue weighted by Gasteiger charge is -2.32. The minimum absolute atomic E-state index is 0.0675. The zero-order valence-corrected chi connectivity index (χ0v) is 15.5. The molecule has 0 radical (unpaired) electrons. The lowest BCUT2D eigenvalue weighted by Crippen LogP contribution is -2.42. The summed E-state index contributed by atoms with van der Waals surface area (Å²) in [5, 5.41) is 0. The van der Waals surface area contributed by atoms with Gasteiger partial charge in [-0.15, -0.1) is 0 Å². The van der Waals surface area contributed by atoms with Gasteiger partial charge < -0.3 is 4.90 Å². The molecule has 3 fully saturated rings. The van der Waals surface area contributed by atoms with Gasteiger partial charge in [-0.25, -0.2) is 8.42 Å². The van der Waals surface area contributed by atoms with Crippen LogP contribution in [0.2, 0.25) is 0 Å². The largest absolute Gasteiger partial charge is 0.312 e. The Bertz CT molecular complexity index is 759. The Morgan fingerprint density at radius 3 is 2.44 bits per heavy atom. The number of sulfonamides is 1. The van der Waals surface area contributed by atoms with Crippen molar-refractivity contribution in [1.82, 2.24) is 4.31 Å². The van der Waals surface area contributed by atoms with E-state index in [2.05, 4.69) is 0 Å². The van der Waals surface area contributed by atoms with Crippen molar-refractivity contribution in [2.45, 2.75) is 68.8 Å². The third kappa shape index (κ3) is 2.89. The predicted octanol–water partition coefficient (Wildman–Crippen LogP) is 3.16. The predicted molar refractivity (Wildman–Crippen MR) is 96.9 cm³/mol. The van der Waals surface area contributed by atoms with Gasteiger partial charge in [0.1, 0.15) is 0 Å². The average Bonchev–Trinajstić information content (AvgIpc) is 3.17. The molecule has 0 spiro atoms. The fourth-order valence-electron chi connectivity index (χ4n) is 4.92. The van der Waals surface area contributed by atoms with Crippen LogP contribution in [0.3, 0.4) is 0 Å². The van der Waals surface area contributed by atoms with E-state index in [1.54, 1.807) is 33.5 Å². The van der Waals surface area contributed by atoms with Gasteiger partial charge in [0, 0.05) is 30.7 Å². The molecule has 0 aromatic heterocycles. The van der Waals surface area contributed by atoms with Crippen LogP contribution < -0.4 is 4.90 Å². The fraction of sp³-hybridized carbons (Fsp3) is 0.632. The minimum Gasteiger partial charge on any atom is -0.312 e. The molecular weight excluding hydrogens is 336 g/mol. The summed E-state index contributed by atoms with van der Waals surface area (Å²) in [5.41, 5.74) is 0.798. The number of hydrogen-bond donors (Lipinski definition) is 0. The smallest absolute Gasteiger partial charge is 0.243 e. The Hall–Kier alpha value is -1.40. The van der Waals surface area contributed by atoms with Crippen molar-refractivity contribution in [3.8, 4) is 0 Å². The van der Waals surface area contributed by atoms with Crippen LogP contribution in [0.1, 0.15) is 51.9 Å². The normalized spacial score (nSPS) is 30.7. The standard InChI is InChI=1S/C19H26N2O3S/c1-14-13-15-5-2-3-6-18(15)21(14)25(23,24)17-10-8-16(9-11-17)20-12-4-7-19(20)22/h8-11,14-15,18H,2-7,12-13H2,1H3/t14-,15+,18+/m1/s1. The number of fused-ring (bicyclic) bond motifs is 1. The van der Waals surface area contributed by atoms with Gasteiger partial charge in [0.2, 0.25) is 15.9 Å². The van der Waals surface area contributed by atoms with E-state index in [1.165, 1.54) is 6.42 Å². The van der Waals surface area contributed by atoms with E-state index in [9.17, 15) is 13.2 Å². The first-order valence-electron chi connectivity index (χ1n) is 9.42. The molecular formula is C19H26N2O3S. The third-order valence-corrected chi connectivity index (χ3v) is 8.12. The van der Waals surface area contributed by atoms with Gasteiger partial charge in [0.05, 0.1) is 4.90 Å². The van der Waals surface area contributed by atoms with Crippen molar-refractivity contribution in [1.29, 1.82) is 0 Å². The summed E-state index contributed by atoms with van der Waals surface area (Å²) < 4.78 is 28.3. The highest BCUT2D eigenvalue weighted by Crippen LogP contribution is 2.42. The van der Waals surface area contributed by atoms with Crippen molar-refractivity contribution in [2.75, 3.05) is 11.4 Å². The molecule has 3 aliphatic rings. The van der Waals surface area contributed by atoms with Crippen LogP contribution in [0.15, 0.2) is 29.2 Å². The molecule has 1 aliphatic carbocycles. The van der Waals surface area contributed by atoms with Crippen LogP contribution in [-0.2, 0) is 14.8 Å². The van der Waals surface area contributed by atoms with Crippen LogP contribution >= 0.6 is 0 Å². The number of benzene rings is 1. The van der Waals surface area contributed by atoms with E-state index in [-0.39, 0.29) is 18.0 Å². The van der Waals surface area contributed by atoms with E-state index in [0.717, 1.165) is 44.3 Å². The van der Waals surface area contributed by atoms with Crippen LogP contribution in [0.25, 0.3) is 0 Å². The molecule has 2 saturated heterocycles. The second kappa shape index (κ2) is 6.40. The summed E-state index contributed by atoms with van der Waals surface area (Å²) >= 11 is 0. The van der Waals surface area contributed by atoms with E-state index >= 15 is 0 Å². The zero-order valence-electron chi connectivity index (χ0n) is 14.7. The molecule has 25 heavy (non-hydrogen) atoms. The second-order valence-electron chi connectivity index (χ2n) is 7.67. The number of nitrogens with zero attached hydrogens (tertiary/aromatic N) is 2. The summed E-state index contributed by atoms with van der Waals surface area (Å²) in [6, 6.07) is 7.11. The first-order chi connectivity index (χ1) is 12.0. The van der Waals surface area contributed by atoms with Gasteiger partial charge in [-0.3, -0.25) is 4.79 Å². The maximum Gasteiger partial charge on any atom is 0.243 e. The fourth-order valence-corrected chi connectivity index (χ4v) is 6.84. The van der Waals surface area contributed by atoms with Crippen LogP contribution in [0.4, 0.5) is 5.69 Å². The van der Waals surface area contributed by atoms with Gasteiger partial charge in [0.15, 0.2) is 0 Å². The minimum atomic E-state index is -3.48. The molecule has 1 aromatic carbocycles. The van der Waals surface area contributed by atoms with Crippen molar-refractivity contribution in [3.63, 3.8) is 0 Å². The van der Waals surface area contributed by atoms with Gasteiger partial charge in [-0.1, -0.05) is 12.8 Å². The number of amides is 1. The molecule has 6 heteroatoms. The molecule has 1 amide bonds. The van der Waals surface area contributed by atoms with Crippen molar-refractivity contribution < 1.29 is 13.2 Å². The van der Waals surface area contributed by atoms with Crippen molar-refractivity contribution >= 4 is 21.6 Å². The van der Waals surface area contributed by atoms with Gasteiger partial charge in [-0.05, 0) is 62.8 Å². The van der Waals surface area contributed by atoms with Gasteiger partial charge in [0.25, 0.3) is 0 Å². The number of hydrogen-bond acceptors (Lipinski definition) is 3. The van der Waals surface area contributed by atoms with Crippen LogP contribution in [-0.4, -0.2) is 37.3 Å². The van der Waals surface area contributed by atoms with Crippen molar-refractivity contribution in [3.05, 3.63) is 24.3 Å². The van der Waals surface area contributed by atoms with Crippen LogP contribution in [0.5, 0.6) is 0 Å². The molecule has 0 bridgehead atoms. The van der Waals surface area contributed by atoms with E-state index < -0.39 is 10.0 Å². The highest BCUT2D eigenvalue weighted by atomic mass is 32.2. The Morgan fingerprint density at radius 1 is 1.04 bits per heavy atom. The molecule has 5 nitrogen and oxygen atoms in total. The summed E-state index contributed by atoms with van der Waals surface area (Å²) in [5.74, 6) is 0.633. The summed E-state index contributed by atoms with van der Waals surface area (Å²) in [4.78, 5) is 14.0. The molecule has 3 atom stereocenters. The summed E-state index contributed by atoms with van der Waals surface area (Å²) in [6.45, 7) is 2.75. The molecule has 1 saturated carbocycles. The Morgan fingerprint density at radius 2 is 1.76 bits per heavy atom. The molecule has 2 heterocycles. The van der Waals surface area contributed by atoms with Crippen LogP contribution in [0, 0.1) is 5.92 Å². The van der Waals surface area contributed by atoms with Crippen molar-refractivity contribution in [2.24, 2.45) is 5.92 Å². The topological polar surface area (TPSA) is 57.7 Å². The molecule has 1 aromatic rings. The Labute approximate surface area is 150 Å². The number of carbonyl (C=O) groups is 1. The maximum absolute atomic E-state index is 13.2. The average molecular weight is 362 g/mol. The molecule has 4 rings (SSSR count). The Balaban J connectivity index is 1.60. The first-order valence-corrected chi connectivity index (χ1v) is 10.9. The van der Waals surface area contributed by atoms with Gasteiger partial charge >= 0.3 is 0 Å². The highest BCUT2D eigenvalue weighted by molar-refractivity contribution is 7.89. The van der Waals surface area contributed by atoms with E-state index in [0.29, 0.717) is 17.2 Å². The maximum atomic E-state index is 13.2. The SMILES string of the molecule is C[C@@H]1C[C@@H]2CCCC[C@@H]2N1S(=O)(=O)c1ccc(N2CCCC2=O)cc1. The third-order valence-electron chi connectivity index (χ3n) is 6.07. The first kappa shape index (κ1) is 17.0. The number of rotatable bonds is 3. The highest BCUT2D eigenvalue weighted by Gasteiger charge is 2.46. The zero-order chi connectivity index (χ0) is 17.6. The van der Waals surface area contributed by atoms with Gasteiger partial charge in [-0.2, -0.15) is 4.31 Å². The van der Waals surface area contributed by atoms with E-state index in [1.807, 2.05) is 6.92 Å².